The van der Waals surface area contributed by atoms with Gasteiger partial charge in [-0.1, -0.05) is 46.6 Å². The van der Waals surface area contributed by atoms with Gasteiger partial charge in [0.1, 0.15) is 6.61 Å². The zero-order valence-electron chi connectivity index (χ0n) is 14.6. The number of fused-ring (bicyclic) bond motifs is 1. The van der Waals surface area contributed by atoms with Crippen molar-refractivity contribution >= 4 is 28.9 Å². The Kier molecular flexibility index (Phi) is 5.29. The molecule has 1 aliphatic carbocycles. The number of piperidine rings is 1. The Morgan fingerprint density at radius 1 is 1.04 bits per heavy atom. The van der Waals surface area contributed by atoms with Crippen molar-refractivity contribution in [2.75, 3.05) is 13.1 Å². The highest BCUT2D eigenvalue weighted by atomic mass is 35.5. The minimum Gasteiger partial charge on any atom is -0.391 e. The van der Waals surface area contributed by atoms with E-state index in [1.165, 1.54) is 12.1 Å². The Hall–Kier alpha value is -1.76. The number of halogens is 5. The average molecular weight is 429 g/mol. The van der Waals surface area contributed by atoms with Crippen LogP contribution in [-0.4, -0.2) is 18.8 Å². The predicted octanol–water partition coefficient (Wildman–Crippen LogP) is 5.40. The number of nitrogens with one attached hydrogen (secondary N) is 1. The van der Waals surface area contributed by atoms with Crippen molar-refractivity contribution in [2.45, 2.75) is 12.8 Å². The van der Waals surface area contributed by atoms with E-state index in [0.29, 0.717) is 27.4 Å². The van der Waals surface area contributed by atoms with Crippen LogP contribution in [0.25, 0.3) is 0 Å². The van der Waals surface area contributed by atoms with Gasteiger partial charge < -0.3 is 10.2 Å². The maximum Gasteiger partial charge on any atom is 0.416 e. The molecule has 2 aliphatic rings. The third kappa shape index (κ3) is 4.00. The molecule has 3 nitrogen and oxygen atoms in total. The molecule has 1 aliphatic heterocycles. The van der Waals surface area contributed by atoms with Crippen LogP contribution in [-0.2, 0) is 17.6 Å². The molecule has 2 fully saturated rings. The van der Waals surface area contributed by atoms with Crippen LogP contribution in [0.1, 0.15) is 16.7 Å². The van der Waals surface area contributed by atoms with Gasteiger partial charge in [-0.2, -0.15) is 13.2 Å². The first-order chi connectivity index (χ1) is 13.3. The van der Waals surface area contributed by atoms with Crippen molar-refractivity contribution in [1.82, 2.24) is 5.32 Å². The zero-order chi connectivity index (χ0) is 19.9. The summed E-state index contributed by atoms with van der Waals surface area (Å²) in [5, 5.41) is 8.59. The lowest BCUT2D eigenvalue weighted by atomic mass is 10.0. The molecule has 28 heavy (non-hydrogen) atoms. The fourth-order valence-electron chi connectivity index (χ4n) is 3.75. The largest absolute Gasteiger partial charge is 0.416 e. The maximum absolute atomic E-state index is 12.7. The maximum atomic E-state index is 12.7. The molecule has 2 aromatic rings. The van der Waals surface area contributed by atoms with E-state index in [-0.39, 0.29) is 12.5 Å². The monoisotopic (exact) mass is 428 g/mol. The van der Waals surface area contributed by atoms with E-state index in [2.05, 4.69) is 10.5 Å². The van der Waals surface area contributed by atoms with Crippen LogP contribution < -0.4 is 5.32 Å². The van der Waals surface area contributed by atoms with Gasteiger partial charge in [-0.15, -0.1) is 0 Å². The molecule has 0 amide bonds. The Morgan fingerprint density at radius 2 is 1.71 bits per heavy atom. The number of nitrogens with zero attached hydrogens (tertiary/aromatic N) is 1. The summed E-state index contributed by atoms with van der Waals surface area (Å²) in [7, 11) is 0. The van der Waals surface area contributed by atoms with Gasteiger partial charge in [-0.05, 0) is 54.8 Å². The molecule has 2 aromatic carbocycles. The van der Waals surface area contributed by atoms with E-state index < -0.39 is 11.7 Å². The fraction of sp³-hybridized carbons (Fsp3) is 0.350. The fourth-order valence-corrected chi connectivity index (χ4v) is 4.05. The molecule has 0 bridgehead atoms. The average Bonchev–Trinajstić information content (AvgIpc) is 3.10. The van der Waals surface area contributed by atoms with Gasteiger partial charge in [0.2, 0.25) is 0 Å². The first-order valence-corrected chi connectivity index (χ1v) is 9.62. The molecule has 0 radical (unpaired) electrons. The highest BCUT2D eigenvalue weighted by Crippen LogP contribution is 2.50. The lowest BCUT2D eigenvalue weighted by molar-refractivity contribution is -0.137. The van der Waals surface area contributed by atoms with Crippen LogP contribution in [0.4, 0.5) is 13.2 Å². The minimum absolute atomic E-state index is 0.0866. The molecule has 1 saturated carbocycles. The summed E-state index contributed by atoms with van der Waals surface area (Å²) in [5.41, 5.74) is 1.58. The van der Waals surface area contributed by atoms with Gasteiger partial charge in [0.15, 0.2) is 0 Å². The normalized spacial score (nSPS) is 24.2. The summed E-state index contributed by atoms with van der Waals surface area (Å²) in [5.74, 6) is 1.32. The van der Waals surface area contributed by atoms with Crippen LogP contribution in [0.15, 0.2) is 47.6 Å². The van der Waals surface area contributed by atoms with E-state index in [9.17, 15) is 13.2 Å². The molecule has 148 valence electrons. The molecule has 2 unspecified atom stereocenters. The van der Waals surface area contributed by atoms with Gasteiger partial charge in [0.05, 0.1) is 21.3 Å². The van der Waals surface area contributed by atoms with E-state index in [1.807, 2.05) is 6.07 Å². The van der Waals surface area contributed by atoms with Gasteiger partial charge in [-0.3, -0.25) is 0 Å². The summed E-state index contributed by atoms with van der Waals surface area (Å²) in [6, 6.07) is 10.2. The standard InChI is InChI=1S/C20H17Cl2F3N2O/c21-16-6-3-12(7-17(16)22)19(18-14-8-26-9-15(14)18)27-28-10-11-1-4-13(5-2-11)20(23,24)25/h1-7,14-15,18,26H,8-10H2. The van der Waals surface area contributed by atoms with Gasteiger partial charge in [-0.25, -0.2) is 0 Å². The van der Waals surface area contributed by atoms with Gasteiger partial charge in [0, 0.05) is 11.5 Å². The summed E-state index contributed by atoms with van der Waals surface area (Å²) < 4.78 is 38.0. The highest BCUT2D eigenvalue weighted by molar-refractivity contribution is 6.42. The second-order valence-electron chi connectivity index (χ2n) is 7.09. The molecule has 0 aromatic heterocycles. The van der Waals surface area contributed by atoms with E-state index >= 15 is 0 Å². The summed E-state index contributed by atoms with van der Waals surface area (Å²) >= 11 is 12.2. The van der Waals surface area contributed by atoms with Crippen LogP contribution in [0.3, 0.4) is 0 Å². The van der Waals surface area contributed by atoms with Crippen LogP contribution >= 0.6 is 23.2 Å². The molecular weight excluding hydrogens is 412 g/mol. The number of oxime groups is 1. The van der Waals surface area contributed by atoms with E-state index in [0.717, 1.165) is 36.5 Å². The summed E-state index contributed by atoms with van der Waals surface area (Å²) in [6.45, 7) is 1.96. The van der Waals surface area contributed by atoms with Crippen LogP contribution in [0.5, 0.6) is 0 Å². The molecule has 1 heterocycles. The SMILES string of the molecule is FC(F)(F)c1ccc(CON=C(c2ccc(Cl)c(Cl)c2)C2C3CNCC32)cc1. The Labute approximate surface area is 170 Å². The molecule has 1 N–H and O–H groups in total. The predicted molar refractivity (Wildman–Crippen MR) is 103 cm³/mol. The summed E-state index contributed by atoms with van der Waals surface area (Å²) in [6.07, 6.45) is -4.35. The lowest BCUT2D eigenvalue weighted by Crippen LogP contribution is -2.20. The molecule has 4 rings (SSSR count). The smallest absolute Gasteiger partial charge is 0.391 e. The van der Waals surface area contributed by atoms with Crippen molar-refractivity contribution in [3.8, 4) is 0 Å². The Morgan fingerprint density at radius 3 is 2.32 bits per heavy atom. The van der Waals surface area contributed by atoms with Crippen molar-refractivity contribution in [2.24, 2.45) is 22.9 Å². The Balaban J connectivity index is 1.50. The van der Waals surface area contributed by atoms with Crippen molar-refractivity contribution in [3.05, 3.63) is 69.2 Å². The number of rotatable bonds is 5. The number of alkyl halides is 3. The highest BCUT2D eigenvalue weighted by Gasteiger charge is 2.55. The summed E-state index contributed by atoms with van der Waals surface area (Å²) in [4.78, 5) is 5.51. The zero-order valence-corrected chi connectivity index (χ0v) is 16.2. The first-order valence-electron chi connectivity index (χ1n) is 8.87. The lowest BCUT2D eigenvalue weighted by Gasteiger charge is -2.11. The molecule has 2 atom stereocenters. The Bertz CT molecular complexity index is 889. The third-order valence-corrected chi connectivity index (χ3v) is 6.04. The first kappa shape index (κ1) is 19.6. The molecule has 1 saturated heterocycles. The number of hydrogen-bond donors (Lipinski definition) is 1. The quantitative estimate of drug-likeness (QED) is 0.510. The van der Waals surface area contributed by atoms with E-state index in [4.69, 9.17) is 28.0 Å². The van der Waals surface area contributed by atoms with Crippen molar-refractivity contribution < 1.29 is 18.0 Å². The second kappa shape index (κ2) is 7.58. The van der Waals surface area contributed by atoms with E-state index in [1.54, 1.807) is 12.1 Å². The molecule has 8 heteroatoms. The molecular formula is C20H17Cl2F3N2O. The minimum atomic E-state index is -4.35. The molecule has 0 spiro atoms. The third-order valence-electron chi connectivity index (χ3n) is 5.30. The van der Waals surface area contributed by atoms with Crippen LogP contribution in [0.2, 0.25) is 10.0 Å². The number of benzene rings is 2. The topological polar surface area (TPSA) is 33.6 Å². The number of hydrogen-bond acceptors (Lipinski definition) is 3. The van der Waals surface area contributed by atoms with Gasteiger partial charge in [0.25, 0.3) is 0 Å². The van der Waals surface area contributed by atoms with Gasteiger partial charge >= 0.3 is 6.18 Å². The van der Waals surface area contributed by atoms with Crippen molar-refractivity contribution in [3.63, 3.8) is 0 Å². The second-order valence-corrected chi connectivity index (χ2v) is 7.90. The van der Waals surface area contributed by atoms with Crippen molar-refractivity contribution in [1.29, 1.82) is 0 Å². The van der Waals surface area contributed by atoms with Crippen LogP contribution in [0, 0.1) is 17.8 Å².